The molecule has 0 fully saturated rings. The Labute approximate surface area is 242 Å². The van der Waals surface area contributed by atoms with Gasteiger partial charge in [0.1, 0.15) is 5.82 Å². The summed E-state index contributed by atoms with van der Waals surface area (Å²) in [6, 6.07) is 20.9. The molecule has 0 radical (unpaired) electrons. The summed E-state index contributed by atoms with van der Waals surface area (Å²) in [4.78, 5) is 5.10. The van der Waals surface area contributed by atoms with Gasteiger partial charge in [0.15, 0.2) is 0 Å². The molecule has 2 aromatic heterocycles. The van der Waals surface area contributed by atoms with Gasteiger partial charge in [-0.1, -0.05) is 66.6 Å². The van der Waals surface area contributed by atoms with Crippen molar-refractivity contribution in [3.05, 3.63) is 112 Å². The molecule has 2 heterocycles. The molecule has 10 nitrogen and oxygen atoms in total. The SMILES string of the molecule is N/C([S-])=N/N=C\c1cccs1.O=S(=O)(/N=C\c1ccccc1F)c1ccc([N-]c2ccccn2)cc1.[O]=[Mo+2]=[O]. The standard InChI is InChI=1S/C18H13FN3O2S.C6H7N3S2.Mo.2O/c19-17-6-2-1-5-14(17)13-21-25(23,24)16-10-8-15(9-11-16)22-18-7-3-4-12-20-18;7-6(10)9-8-4-5-2-1-3-11-5;;;/h1-13H;1-4H,(H3,7,9,10);;;/q-1;;+2;;/p-1/b21-13-;8-4-;;;. The number of benzene rings is 2. The summed E-state index contributed by atoms with van der Waals surface area (Å²) in [5, 5.41) is 13.4. The fraction of sp³-hybridized carbons (Fsp3) is 0. The molecule has 0 aliphatic heterocycles. The van der Waals surface area contributed by atoms with Crippen molar-refractivity contribution in [2.75, 3.05) is 0 Å². The van der Waals surface area contributed by atoms with Crippen molar-refractivity contribution in [1.29, 1.82) is 0 Å². The first-order valence-electron chi connectivity index (χ1n) is 10.5. The van der Waals surface area contributed by atoms with Crippen LogP contribution in [-0.2, 0) is 47.9 Å². The average Bonchev–Trinajstić information content (AvgIpc) is 3.44. The van der Waals surface area contributed by atoms with Crippen molar-refractivity contribution in [3.8, 4) is 0 Å². The molecule has 4 aromatic rings. The summed E-state index contributed by atoms with van der Waals surface area (Å²) in [5.41, 5.74) is 5.76. The van der Waals surface area contributed by atoms with Gasteiger partial charge in [0.25, 0.3) is 10.0 Å². The number of nitrogens with two attached hydrogens (primary N) is 1. The summed E-state index contributed by atoms with van der Waals surface area (Å²) in [6.45, 7) is 0. The number of pyridine rings is 1. The van der Waals surface area contributed by atoms with Crippen molar-refractivity contribution in [2.45, 2.75) is 4.90 Å². The van der Waals surface area contributed by atoms with E-state index in [1.807, 2.05) is 23.6 Å². The molecule has 0 aliphatic carbocycles. The summed E-state index contributed by atoms with van der Waals surface area (Å²) < 4.78 is 58.5. The van der Waals surface area contributed by atoms with E-state index in [1.54, 1.807) is 54.1 Å². The summed E-state index contributed by atoms with van der Waals surface area (Å²) >= 11 is 4.04. The van der Waals surface area contributed by atoms with Gasteiger partial charge in [-0.15, -0.1) is 11.3 Å². The van der Waals surface area contributed by atoms with Crippen LogP contribution in [0.5, 0.6) is 0 Å². The normalized spacial score (nSPS) is 11.2. The summed E-state index contributed by atoms with van der Waals surface area (Å²) in [6.07, 6.45) is 4.23. The maximum absolute atomic E-state index is 13.5. The van der Waals surface area contributed by atoms with Gasteiger partial charge in [0.2, 0.25) is 0 Å². The molecule has 39 heavy (non-hydrogen) atoms. The molecule has 0 aliphatic rings. The zero-order chi connectivity index (χ0) is 28.5. The molecule has 0 saturated carbocycles. The third-order valence-corrected chi connectivity index (χ3v) is 6.29. The van der Waals surface area contributed by atoms with Gasteiger partial charge in [-0.05, 0) is 40.5 Å². The molecule has 0 spiro atoms. The maximum atomic E-state index is 13.5. The topological polar surface area (TPSA) is 158 Å². The Morgan fingerprint density at radius 3 is 2.28 bits per heavy atom. The van der Waals surface area contributed by atoms with Crippen LogP contribution in [0.3, 0.4) is 0 Å². The van der Waals surface area contributed by atoms with Gasteiger partial charge in [-0.2, -0.15) is 23.0 Å². The van der Waals surface area contributed by atoms with E-state index in [4.69, 9.17) is 12.5 Å². The van der Waals surface area contributed by atoms with E-state index in [0.717, 1.165) is 11.1 Å². The van der Waals surface area contributed by atoms with Crippen molar-refractivity contribution in [1.82, 2.24) is 4.98 Å². The van der Waals surface area contributed by atoms with E-state index in [-0.39, 0.29) is 15.6 Å². The third-order valence-electron chi connectivity index (χ3n) is 4.15. The Bertz CT molecular complexity index is 1540. The Hall–Kier alpha value is -3.71. The zero-order valence-corrected chi connectivity index (χ0v) is 24.2. The van der Waals surface area contributed by atoms with E-state index in [1.165, 1.54) is 30.3 Å². The number of hydrogen-bond acceptors (Lipinski definition) is 9. The van der Waals surface area contributed by atoms with Gasteiger partial charge in [-0.3, -0.25) is 0 Å². The molecule has 0 unspecified atom stereocenters. The van der Waals surface area contributed by atoms with E-state index in [0.29, 0.717) is 11.5 Å². The quantitative estimate of drug-likeness (QED) is 0.0948. The molecule has 0 atom stereocenters. The summed E-state index contributed by atoms with van der Waals surface area (Å²) in [7, 11) is -3.92. The first-order valence-corrected chi connectivity index (χ1v) is 14.9. The molecule has 2 aromatic carbocycles. The number of thiophene rings is 1. The van der Waals surface area contributed by atoms with Crippen molar-refractivity contribution < 1.29 is 38.1 Å². The molecule has 0 saturated heterocycles. The second kappa shape index (κ2) is 17.0. The molecule has 0 bridgehead atoms. The molecule has 4 rings (SSSR count). The van der Waals surface area contributed by atoms with Crippen LogP contribution >= 0.6 is 11.3 Å². The zero-order valence-electron chi connectivity index (χ0n) is 19.8. The number of hydrogen-bond donors (Lipinski definition) is 1. The van der Waals surface area contributed by atoms with Gasteiger partial charge in [0.05, 0.1) is 17.3 Å². The molecule has 15 heteroatoms. The van der Waals surface area contributed by atoms with Crippen molar-refractivity contribution >= 4 is 63.1 Å². The predicted molar refractivity (Wildman–Crippen MR) is 147 cm³/mol. The van der Waals surface area contributed by atoms with Crippen molar-refractivity contribution in [3.63, 3.8) is 0 Å². The Morgan fingerprint density at radius 2 is 1.69 bits per heavy atom. The van der Waals surface area contributed by atoms with Gasteiger partial charge in [-0.25, -0.2) is 4.39 Å². The minimum atomic E-state index is -3.92. The minimum absolute atomic E-state index is 0.0000557. The molecular formula is C24H19FMoN6O4S3. The Kier molecular flexibility index (Phi) is 13.7. The number of sulfonamides is 1. The van der Waals surface area contributed by atoms with Crippen LogP contribution in [0.4, 0.5) is 15.9 Å². The molecule has 0 amide bonds. The van der Waals surface area contributed by atoms with Gasteiger partial charge in [0, 0.05) is 10.4 Å². The number of rotatable bonds is 7. The first kappa shape index (κ1) is 31.5. The third kappa shape index (κ3) is 12.1. The first-order chi connectivity index (χ1) is 18.7. The second-order valence-electron chi connectivity index (χ2n) is 6.79. The Balaban J connectivity index is 0.000000317. The Morgan fingerprint density at radius 1 is 1.00 bits per heavy atom. The number of aromatic nitrogens is 1. The molecule has 200 valence electrons. The van der Waals surface area contributed by atoms with Crippen LogP contribution < -0.4 is 5.73 Å². The average molecular weight is 667 g/mol. The van der Waals surface area contributed by atoms with E-state index in [9.17, 15) is 12.8 Å². The second-order valence-corrected chi connectivity index (χ2v) is 10.2. The van der Waals surface area contributed by atoms with E-state index in [2.05, 4.69) is 37.5 Å². The summed E-state index contributed by atoms with van der Waals surface area (Å²) in [5.74, 6) is -0.0124. The fourth-order valence-corrected chi connectivity index (χ4v) is 4.00. The van der Waals surface area contributed by atoms with Crippen LogP contribution in [0.15, 0.2) is 110 Å². The molecular weight excluding hydrogens is 647 g/mol. The van der Waals surface area contributed by atoms with Crippen LogP contribution in [0, 0.1) is 5.82 Å². The predicted octanol–water partition coefficient (Wildman–Crippen LogP) is 5.07. The van der Waals surface area contributed by atoms with E-state index >= 15 is 0 Å². The van der Waals surface area contributed by atoms with Crippen LogP contribution in [0.2, 0.25) is 0 Å². The van der Waals surface area contributed by atoms with Crippen LogP contribution in [0.25, 0.3) is 5.32 Å². The van der Waals surface area contributed by atoms with Gasteiger partial charge < -0.3 is 28.7 Å². The van der Waals surface area contributed by atoms with Crippen LogP contribution in [0.1, 0.15) is 10.4 Å². The van der Waals surface area contributed by atoms with Crippen LogP contribution in [-0.4, -0.2) is 31.0 Å². The monoisotopic (exact) mass is 668 g/mol. The number of nitrogens with zero attached hydrogens (tertiary/aromatic N) is 5. The number of amidine groups is 1. The fourth-order valence-electron chi connectivity index (χ4n) is 2.52. The van der Waals surface area contributed by atoms with Gasteiger partial charge >= 0.3 is 25.3 Å². The van der Waals surface area contributed by atoms with Crippen molar-refractivity contribution in [2.24, 2.45) is 20.3 Å². The number of halogens is 1. The molecule has 2 N–H and O–H groups in total. The van der Waals surface area contributed by atoms with E-state index < -0.39 is 34.3 Å².